The van der Waals surface area contributed by atoms with Crippen LogP contribution in [0.4, 0.5) is 11.4 Å². The van der Waals surface area contributed by atoms with Crippen LogP contribution in [0.1, 0.15) is 37.7 Å². The van der Waals surface area contributed by atoms with E-state index in [9.17, 15) is 13.2 Å². The summed E-state index contributed by atoms with van der Waals surface area (Å²) in [5.41, 5.74) is 1.23. The van der Waals surface area contributed by atoms with Crippen LogP contribution < -0.4 is 24.8 Å². The maximum Gasteiger partial charge on any atom is 0.265 e. The molecule has 170 valence electrons. The average molecular weight is 458 g/mol. The zero-order chi connectivity index (χ0) is 22.3. The van der Waals surface area contributed by atoms with Crippen LogP contribution >= 0.6 is 0 Å². The lowest BCUT2D eigenvalue weighted by atomic mass is 9.65. The smallest absolute Gasteiger partial charge is 0.265 e. The number of hydrogen-bond acceptors (Lipinski definition) is 6. The van der Waals surface area contributed by atoms with Crippen LogP contribution in [0.15, 0.2) is 41.3 Å². The Morgan fingerprint density at radius 3 is 2.62 bits per heavy atom. The van der Waals surface area contributed by atoms with Gasteiger partial charge in [0.25, 0.3) is 10.0 Å². The highest BCUT2D eigenvalue weighted by molar-refractivity contribution is 7.92. The predicted octanol–water partition coefficient (Wildman–Crippen LogP) is 3.00. The number of benzene rings is 2. The standard InChI is InChI=1S/C23H27N3O5S/c1-30-18-5-2-3-6-20(18)32(28,29)26-16-13-17-21(25-22(27)23(17)9-4-10-23)19(14-16)31-12-11-24-15-7-8-15/h2-3,5-6,13-15,24,26H,4,7-12H2,1H3,(H,25,27). The van der Waals surface area contributed by atoms with Crippen molar-refractivity contribution in [3.05, 3.63) is 42.0 Å². The van der Waals surface area contributed by atoms with Gasteiger partial charge in [0, 0.05) is 18.7 Å². The van der Waals surface area contributed by atoms with Gasteiger partial charge >= 0.3 is 0 Å². The molecule has 8 nitrogen and oxygen atoms in total. The molecule has 5 rings (SSSR count). The lowest BCUT2D eigenvalue weighted by Gasteiger charge is -2.36. The topological polar surface area (TPSA) is 106 Å². The minimum absolute atomic E-state index is 0.0376. The van der Waals surface area contributed by atoms with Gasteiger partial charge in [0.2, 0.25) is 5.91 Å². The molecule has 0 radical (unpaired) electrons. The molecule has 0 unspecified atom stereocenters. The molecular formula is C23H27N3O5S. The van der Waals surface area contributed by atoms with Gasteiger partial charge in [0.05, 0.1) is 23.9 Å². The third-order valence-corrected chi connectivity index (χ3v) is 7.90. The number of amides is 1. The molecule has 1 aliphatic heterocycles. The Labute approximate surface area is 187 Å². The van der Waals surface area contributed by atoms with E-state index in [0.717, 1.165) is 24.8 Å². The minimum atomic E-state index is -3.91. The van der Waals surface area contributed by atoms with Crippen molar-refractivity contribution < 1.29 is 22.7 Å². The third-order valence-electron chi connectivity index (χ3n) is 6.48. The average Bonchev–Trinajstić information content (AvgIpc) is 3.51. The Morgan fingerprint density at radius 2 is 1.94 bits per heavy atom. The monoisotopic (exact) mass is 457 g/mol. The van der Waals surface area contributed by atoms with Crippen LogP contribution in [-0.4, -0.2) is 40.6 Å². The van der Waals surface area contributed by atoms with Gasteiger partial charge in [-0.3, -0.25) is 9.52 Å². The SMILES string of the molecule is COc1ccccc1S(=O)(=O)Nc1cc(OCCNC2CC2)c2c(c1)C1(CCC1)C(=O)N2. The van der Waals surface area contributed by atoms with Gasteiger partial charge in [-0.05, 0) is 49.4 Å². The maximum absolute atomic E-state index is 13.1. The Kier molecular flexibility index (Phi) is 5.25. The first-order chi connectivity index (χ1) is 15.4. The summed E-state index contributed by atoms with van der Waals surface area (Å²) in [5.74, 6) is 0.704. The van der Waals surface area contributed by atoms with Crippen molar-refractivity contribution in [2.45, 2.75) is 48.5 Å². The summed E-state index contributed by atoms with van der Waals surface area (Å²) in [5, 5.41) is 6.37. The minimum Gasteiger partial charge on any atom is -0.495 e. The van der Waals surface area contributed by atoms with Gasteiger partial charge in [-0.25, -0.2) is 8.42 Å². The van der Waals surface area contributed by atoms with Crippen LogP contribution in [0.3, 0.4) is 0 Å². The molecule has 2 fully saturated rings. The molecule has 1 spiro atoms. The van der Waals surface area contributed by atoms with E-state index in [4.69, 9.17) is 9.47 Å². The van der Waals surface area contributed by atoms with Gasteiger partial charge in [-0.15, -0.1) is 0 Å². The first kappa shape index (κ1) is 21.1. The quantitative estimate of drug-likeness (QED) is 0.500. The number of nitrogens with one attached hydrogen (secondary N) is 3. The molecule has 2 saturated carbocycles. The number of sulfonamides is 1. The van der Waals surface area contributed by atoms with Crippen molar-refractivity contribution in [2.24, 2.45) is 0 Å². The second-order valence-corrected chi connectivity index (χ2v) is 10.3. The Balaban J connectivity index is 1.47. The maximum atomic E-state index is 13.1. The molecule has 32 heavy (non-hydrogen) atoms. The van der Waals surface area contributed by atoms with Gasteiger partial charge in [0.15, 0.2) is 0 Å². The van der Waals surface area contributed by atoms with Crippen molar-refractivity contribution in [3.63, 3.8) is 0 Å². The van der Waals surface area contributed by atoms with Crippen LogP contribution in [0, 0.1) is 0 Å². The largest absolute Gasteiger partial charge is 0.495 e. The van der Waals surface area contributed by atoms with Crippen molar-refractivity contribution in [3.8, 4) is 11.5 Å². The van der Waals surface area contributed by atoms with Crippen LogP contribution in [0.2, 0.25) is 0 Å². The summed E-state index contributed by atoms with van der Waals surface area (Å²) >= 11 is 0. The van der Waals surface area contributed by atoms with Gasteiger partial charge in [0.1, 0.15) is 23.0 Å². The number of methoxy groups -OCH3 is 1. The lowest BCUT2D eigenvalue weighted by molar-refractivity contribution is -0.123. The summed E-state index contributed by atoms with van der Waals surface area (Å²) in [6.45, 7) is 1.12. The van der Waals surface area contributed by atoms with E-state index in [2.05, 4.69) is 15.4 Å². The number of ether oxygens (including phenoxy) is 2. The molecular weight excluding hydrogens is 430 g/mol. The highest BCUT2D eigenvalue weighted by Crippen LogP contribution is 2.54. The summed E-state index contributed by atoms with van der Waals surface area (Å²) in [7, 11) is -2.47. The molecule has 0 bridgehead atoms. The first-order valence-electron chi connectivity index (χ1n) is 10.9. The molecule has 3 N–H and O–H groups in total. The fourth-order valence-electron chi connectivity index (χ4n) is 4.44. The molecule has 0 aromatic heterocycles. The number of carbonyl (C=O) groups is 1. The predicted molar refractivity (Wildman–Crippen MR) is 121 cm³/mol. The second-order valence-electron chi connectivity index (χ2n) is 8.62. The fraction of sp³-hybridized carbons (Fsp3) is 0.435. The summed E-state index contributed by atoms with van der Waals surface area (Å²) in [6.07, 6.45) is 4.84. The van der Waals surface area contributed by atoms with E-state index in [-0.39, 0.29) is 16.6 Å². The lowest BCUT2D eigenvalue weighted by Crippen LogP contribution is -2.40. The van der Waals surface area contributed by atoms with Gasteiger partial charge in [-0.1, -0.05) is 18.6 Å². The van der Waals surface area contributed by atoms with Gasteiger partial charge in [-0.2, -0.15) is 0 Å². The van der Waals surface area contributed by atoms with Gasteiger partial charge < -0.3 is 20.1 Å². The molecule has 9 heteroatoms. The van der Waals surface area contributed by atoms with E-state index in [1.807, 2.05) is 0 Å². The molecule has 3 aliphatic rings. The Morgan fingerprint density at radius 1 is 1.16 bits per heavy atom. The van der Waals surface area contributed by atoms with Crippen molar-refractivity contribution in [2.75, 3.05) is 30.3 Å². The highest BCUT2D eigenvalue weighted by Gasteiger charge is 2.52. The van der Waals surface area contributed by atoms with Crippen molar-refractivity contribution in [1.29, 1.82) is 0 Å². The fourth-order valence-corrected chi connectivity index (χ4v) is 5.65. The molecule has 1 amide bonds. The number of rotatable bonds is 9. The molecule has 2 aromatic rings. The number of fused-ring (bicyclic) bond motifs is 2. The van der Waals surface area contributed by atoms with E-state index in [0.29, 0.717) is 36.3 Å². The number of anilines is 2. The molecule has 2 aliphatic carbocycles. The van der Waals surface area contributed by atoms with Crippen LogP contribution in [-0.2, 0) is 20.2 Å². The Bertz CT molecular complexity index is 1160. The van der Waals surface area contributed by atoms with E-state index >= 15 is 0 Å². The highest BCUT2D eigenvalue weighted by atomic mass is 32.2. The summed E-state index contributed by atoms with van der Waals surface area (Å²) in [6, 6.07) is 10.4. The molecule has 0 saturated heterocycles. The Hall–Kier alpha value is -2.78. The molecule has 2 aromatic carbocycles. The molecule has 0 atom stereocenters. The van der Waals surface area contributed by atoms with E-state index in [1.165, 1.54) is 26.0 Å². The van der Waals surface area contributed by atoms with E-state index in [1.54, 1.807) is 30.3 Å². The zero-order valence-electron chi connectivity index (χ0n) is 17.9. The second kappa shape index (κ2) is 7.97. The van der Waals surface area contributed by atoms with Crippen molar-refractivity contribution >= 4 is 27.3 Å². The summed E-state index contributed by atoms with van der Waals surface area (Å²) in [4.78, 5) is 12.8. The third kappa shape index (κ3) is 3.69. The number of carbonyl (C=O) groups excluding carboxylic acids is 1. The summed E-state index contributed by atoms with van der Waals surface area (Å²) < 4.78 is 40.1. The van der Waals surface area contributed by atoms with Crippen LogP contribution in [0.25, 0.3) is 0 Å². The first-order valence-corrected chi connectivity index (χ1v) is 12.4. The van der Waals surface area contributed by atoms with E-state index < -0.39 is 15.4 Å². The van der Waals surface area contributed by atoms with Crippen LogP contribution in [0.5, 0.6) is 11.5 Å². The van der Waals surface area contributed by atoms with Crippen molar-refractivity contribution in [1.82, 2.24) is 5.32 Å². The normalized spacial score (nSPS) is 18.6. The number of para-hydroxylation sites is 1. The number of hydrogen-bond donors (Lipinski definition) is 3. The molecule has 1 heterocycles. The zero-order valence-corrected chi connectivity index (χ0v) is 18.8.